The average molecular weight is 275 g/mol. The molecular formula is C15H17NO4. The number of rotatable bonds is 4. The molecule has 0 spiro atoms. The van der Waals surface area contributed by atoms with E-state index in [1.54, 1.807) is 26.0 Å². The molecule has 0 bridgehead atoms. The lowest BCUT2D eigenvalue weighted by molar-refractivity contribution is -0.140. The Morgan fingerprint density at radius 3 is 2.55 bits per heavy atom. The normalized spacial score (nSPS) is 12.6. The number of aliphatic carboxylic acids is 1. The second kappa shape index (κ2) is 5.36. The molecule has 1 aromatic carbocycles. The van der Waals surface area contributed by atoms with Crippen molar-refractivity contribution in [3.8, 4) is 0 Å². The lowest BCUT2D eigenvalue weighted by atomic mass is 10.0. The SMILES string of the molecule is Cc1ccc2oc(C(=O)NC(C(=O)O)C(C)C)cc2c1. The van der Waals surface area contributed by atoms with Gasteiger partial charge >= 0.3 is 5.97 Å². The van der Waals surface area contributed by atoms with Gasteiger partial charge in [-0.2, -0.15) is 0 Å². The Kier molecular flexibility index (Phi) is 3.79. The molecule has 1 aromatic heterocycles. The molecule has 106 valence electrons. The minimum atomic E-state index is -1.06. The first kappa shape index (κ1) is 14.1. The summed E-state index contributed by atoms with van der Waals surface area (Å²) in [7, 11) is 0. The number of benzene rings is 1. The highest BCUT2D eigenvalue weighted by molar-refractivity contribution is 5.98. The van der Waals surface area contributed by atoms with Gasteiger partial charge in [0.25, 0.3) is 5.91 Å². The van der Waals surface area contributed by atoms with Crippen LogP contribution in [0.2, 0.25) is 0 Å². The minimum Gasteiger partial charge on any atom is -0.480 e. The number of carboxylic acids is 1. The number of carboxylic acid groups (broad SMARTS) is 1. The Morgan fingerprint density at radius 1 is 1.25 bits per heavy atom. The van der Waals surface area contributed by atoms with Gasteiger partial charge in [0.05, 0.1) is 0 Å². The van der Waals surface area contributed by atoms with Gasteiger partial charge < -0.3 is 14.8 Å². The zero-order valence-electron chi connectivity index (χ0n) is 11.6. The number of carbonyl (C=O) groups is 2. The number of aryl methyl sites for hydroxylation is 1. The van der Waals surface area contributed by atoms with Crippen molar-refractivity contribution < 1.29 is 19.1 Å². The lowest BCUT2D eigenvalue weighted by Crippen LogP contribution is -2.44. The van der Waals surface area contributed by atoms with E-state index >= 15 is 0 Å². The molecule has 1 heterocycles. The van der Waals surface area contributed by atoms with Crippen LogP contribution in [0.1, 0.15) is 30.0 Å². The second-order valence-corrected chi connectivity index (χ2v) is 5.19. The van der Waals surface area contributed by atoms with Crippen LogP contribution < -0.4 is 5.32 Å². The van der Waals surface area contributed by atoms with Crippen LogP contribution in [0, 0.1) is 12.8 Å². The number of hydrogen-bond acceptors (Lipinski definition) is 3. The zero-order valence-corrected chi connectivity index (χ0v) is 11.6. The van der Waals surface area contributed by atoms with Crippen molar-refractivity contribution in [3.05, 3.63) is 35.6 Å². The zero-order chi connectivity index (χ0) is 14.9. The first-order chi connectivity index (χ1) is 9.38. The van der Waals surface area contributed by atoms with Crippen molar-refractivity contribution in [1.82, 2.24) is 5.32 Å². The molecule has 1 unspecified atom stereocenters. The molecular weight excluding hydrogens is 258 g/mol. The Labute approximate surface area is 116 Å². The van der Waals surface area contributed by atoms with Gasteiger partial charge in [0, 0.05) is 5.39 Å². The van der Waals surface area contributed by atoms with Crippen LogP contribution in [0.15, 0.2) is 28.7 Å². The van der Waals surface area contributed by atoms with Crippen LogP contribution in [0.3, 0.4) is 0 Å². The highest BCUT2D eigenvalue weighted by Gasteiger charge is 2.25. The summed E-state index contributed by atoms with van der Waals surface area (Å²) >= 11 is 0. The van der Waals surface area contributed by atoms with Crippen molar-refractivity contribution in [3.63, 3.8) is 0 Å². The molecule has 0 aliphatic carbocycles. The third kappa shape index (κ3) is 2.82. The summed E-state index contributed by atoms with van der Waals surface area (Å²) in [6.45, 7) is 5.42. The fourth-order valence-electron chi connectivity index (χ4n) is 2.00. The molecule has 1 amide bonds. The third-order valence-electron chi connectivity index (χ3n) is 3.11. The van der Waals surface area contributed by atoms with E-state index in [0.717, 1.165) is 10.9 Å². The topological polar surface area (TPSA) is 79.5 Å². The Balaban J connectivity index is 2.25. The van der Waals surface area contributed by atoms with Gasteiger partial charge in [-0.15, -0.1) is 0 Å². The summed E-state index contributed by atoms with van der Waals surface area (Å²) < 4.78 is 5.44. The maximum Gasteiger partial charge on any atom is 0.326 e. The highest BCUT2D eigenvalue weighted by atomic mass is 16.4. The number of furan rings is 1. The Hall–Kier alpha value is -2.30. The maximum absolute atomic E-state index is 12.1. The van der Waals surface area contributed by atoms with E-state index in [-0.39, 0.29) is 11.7 Å². The molecule has 5 heteroatoms. The van der Waals surface area contributed by atoms with E-state index in [1.807, 2.05) is 19.1 Å². The van der Waals surface area contributed by atoms with Gasteiger partial charge in [0.1, 0.15) is 11.6 Å². The lowest BCUT2D eigenvalue weighted by Gasteiger charge is -2.16. The Bertz CT molecular complexity index is 657. The minimum absolute atomic E-state index is 0.123. The number of amides is 1. The number of carbonyl (C=O) groups excluding carboxylic acids is 1. The predicted molar refractivity (Wildman–Crippen MR) is 74.7 cm³/mol. The van der Waals surface area contributed by atoms with E-state index in [4.69, 9.17) is 9.52 Å². The van der Waals surface area contributed by atoms with E-state index in [2.05, 4.69) is 5.32 Å². The van der Waals surface area contributed by atoms with Crippen molar-refractivity contribution in [2.24, 2.45) is 5.92 Å². The molecule has 2 rings (SSSR count). The van der Waals surface area contributed by atoms with Gasteiger partial charge in [-0.05, 0) is 31.0 Å². The Morgan fingerprint density at radius 2 is 1.95 bits per heavy atom. The highest BCUT2D eigenvalue weighted by Crippen LogP contribution is 2.20. The number of nitrogens with one attached hydrogen (secondary N) is 1. The van der Waals surface area contributed by atoms with Crippen LogP contribution in [-0.4, -0.2) is 23.0 Å². The standard InChI is InChI=1S/C15H17NO4/c1-8(2)13(15(18)19)16-14(17)12-7-10-6-9(3)4-5-11(10)20-12/h4-8,13H,1-3H3,(H,16,17)(H,18,19). The summed E-state index contributed by atoms with van der Waals surface area (Å²) in [4.78, 5) is 23.1. The van der Waals surface area contributed by atoms with Crippen LogP contribution in [-0.2, 0) is 4.79 Å². The number of fused-ring (bicyclic) bond motifs is 1. The van der Waals surface area contributed by atoms with E-state index < -0.39 is 17.9 Å². The van der Waals surface area contributed by atoms with E-state index in [9.17, 15) is 9.59 Å². The van der Waals surface area contributed by atoms with Gasteiger partial charge in [0.15, 0.2) is 5.76 Å². The fraction of sp³-hybridized carbons (Fsp3) is 0.333. The summed E-state index contributed by atoms with van der Waals surface area (Å²) in [6.07, 6.45) is 0. The van der Waals surface area contributed by atoms with Crippen molar-refractivity contribution in [2.75, 3.05) is 0 Å². The number of hydrogen-bond donors (Lipinski definition) is 2. The molecule has 0 aliphatic heterocycles. The molecule has 0 radical (unpaired) electrons. The summed E-state index contributed by atoms with van der Waals surface area (Å²) in [6, 6.07) is 6.28. The second-order valence-electron chi connectivity index (χ2n) is 5.19. The van der Waals surface area contributed by atoms with E-state index in [1.165, 1.54) is 0 Å². The van der Waals surface area contributed by atoms with Gasteiger partial charge in [-0.1, -0.05) is 25.5 Å². The quantitative estimate of drug-likeness (QED) is 0.898. The van der Waals surface area contributed by atoms with Crippen molar-refractivity contribution >= 4 is 22.8 Å². The maximum atomic E-state index is 12.1. The fourth-order valence-corrected chi connectivity index (χ4v) is 2.00. The molecule has 2 aromatic rings. The molecule has 2 N–H and O–H groups in total. The van der Waals surface area contributed by atoms with Crippen LogP contribution in [0.5, 0.6) is 0 Å². The largest absolute Gasteiger partial charge is 0.480 e. The summed E-state index contributed by atoms with van der Waals surface area (Å²) in [5, 5.41) is 12.4. The first-order valence-corrected chi connectivity index (χ1v) is 6.42. The molecule has 0 saturated carbocycles. The molecule has 0 aliphatic rings. The molecule has 0 fully saturated rings. The van der Waals surface area contributed by atoms with Crippen LogP contribution in [0.25, 0.3) is 11.0 Å². The third-order valence-corrected chi connectivity index (χ3v) is 3.11. The van der Waals surface area contributed by atoms with Crippen molar-refractivity contribution in [1.29, 1.82) is 0 Å². The summed E-state index contributed by atoms with van der Waals surface area (Å²) in [5.74, 6) is -1.65. The molecule has 0 saturated heterocycles. The molecule has 1 atom stereocenters. The van der Waals surface area contributed by atoms with Crippen LogP contribution in [0.4, 0.5) is 0 Å². The predicted octanol–water partition coefficient (Wildman–Crippen LogP) is 2.58. The van der Waals surface area contributed by atoms with Crippen molar-refractivity contribution in [2.45, 2.75) is 26.8 Å². The van der Waals surface area contributed by atoms with E-state index in [0.29, 0.717) is 5.58 Å². The first-order valence-electron chi connectivity index (χ1n) is 6.42. The molecule has 5 nitrogen and oxygen atoms in total. The average Bonchev–Trinajstić information content (AvgIpc) is 2.77. The van der Waals surface area contributed by atoms with Crippen LogP contribution >= 0.6 is 0 Å². The van der Waals surface area contributed by atoms with Gasteiger partial charge in [-0.3, -0.25) is 4.79 Å². The monoisotopic (exact) mass is 275 g/mol. The molecule has 20 heavy (non-hydrogen) atoms. The van der Waals surface area contributed by atoms with Gasteiger partial charge in [-0.25, -0.2) is 4.79 Å². The smallest absolute Gasteiger partial charge is 0.326 e. The summed E-state index contributed by atoms with van der Waals surface area (Å²) in [5.41, 5.74) is 1.67. The van der Waals surface area contributed by atoms with Gasteiger partial charge in [0.2, 0.25) is 0 Å².